The van der Waals surface area contributed by atoms with Gasteiger partial charge in [0.15, 0.2) is 0 Å². The zero-order valence-corrected chi connectivity index (χ0v) is 18.1. The molecule has 0 aromatic rings. The molecule has 0 bridgehead atoms. The maximum absolute atomic E-state index is 12.3. The van der Waals surface area contributed by atoms with E-state index in [0.717, 1.165) is 45.0 Å². The number of carbonyl (C=O) groups is 1. The smallest absolute Gasteiger partial charge is 0.410 e. The summed E-state index contributed by atoms with van der Waals surface area (Å²) in [6.07, 6.45) is 8.23. The first-order valence-electron chi connectivity index (χ1n) is 11.4. The van der Waals surface area contributed by atoms with Gasteiger partial charge in [0.1, 0.15) is 5.60 Å². The maximum Gasteiger partial charge on any atom is 0.410 e. The summed E-state index contributed by atoms with van der Waals surface area (Å²) in [4.78, 5) is 19.6. The first-order valence-corrected chi connectivity index (χ1v) is 11.4. The third kappa shape index (κ3) is 4.65. The van der Waals surface area contributed by atoms with Gasteiger partial charge in [-0.1, -0.05) is 0 Å². The maximum atomic E-state index is 12.3. The van der Waals surface area contributed by atoms with Crippen LogP contribution in [0.1, 0.15) is 65.7 Å². The second-order valence-electron chi connectivity index (χ2n) is 10.3. The second-order valence-corrected chi connectivity index (χ2v) is 10.3. The Bertz CT molecular complexity index is 540. The molecular weight excluding hydrogens is 354 g/mol. The molecule has 4 heterocycles. The zero-order chi connectivity index (χ0) is 19.8. The lowest BCUT2D eigenvalue weighted by molar-refractivity contribution is -0.0489. The van der Waals surface area contributed by atoms with Crippen LogP contribution in [0, 0.1) is 0 Å². The highest BCUT2D eigenvalue weighted by Gasteiger charge is 2.46. The molecule has 160 valence electrons. The number of rotatable bonds is 2. The van der Waals surface area contributed by atoms with Crippen molar-refractivity contribution < 1.29 is 14.3 Å². The third-order valence-corrected chi connectivity index (χ3v) is 7.19. The summed E-state index contributed by atoms with van der Waals surface area (Å²) in [7, 11) is 0. The van der Waals surface area contributed by atoms with Crippen molar-refractivity contribution >= 4 is 6.09 Å². The van der Waals surface area contributed by atoms with Crippen LogP contribution in [0.5, 0.6) is 0 Å². The molecule has 4 fully saturated rings. The Morgan fingerprint density at radius 2 is 1.54 bits per heavy atom. The minimum absolute atomic E-state index is 0.0189. The lowest BCUT2D eigenvalue weighted by Crippen LogP contribution is -2.49. The molecule has 1 amide bonds. The Balaban J connectivity index is 1.23. The molecule has 0 aromatic heterocycles. The summed E-state index contributed by atoms with van der Waals surface area (Å²) in [6, 6.07) is 1.37. The molecule has 4 aliphatic rings. The van der Waals surface area contributed by atoms with Crippen molar-refractivity contribution in [3.8, 4) is 0 Å². The number of nitrogens with zero attached hydrogens (tertiary/aromatic N) is 3. The standard InChI is InChI=1S/C22H39N3O3/c1-21(2,3)28-20(26)25-14-8-22(9-15-25)16-19(17-27-22)24-12-6-18(7-13-24)23-10-4-5-11-23/h18-19H,4-17H2,1-3H3. The minimum Gasteiger partial charge on any atom is -0.444 e. The molecule has 4 aliphatic heterocycles. The van der Waals surface area contributed by atoms with Crippen LogP contribution in [0.3, 0.4) is 0 Å². The Morgan fingerprint density at radius 1 is 0.929 bits per heavy atom. The van der Waals surface area contributed by atoms with Gasteiger partial charge in [0, 0.05) is 38.3 Å². The Labute approximate surface area is 170 Å². The highest BCUT2D eigenvalue weighted by molar-refractivity contribution is 5.68. The number of piperidine rings is 2. The molecule has 0 N–H and O–H groups in total. The van der Waals surface area contributed by atoms with E-state index < -0.39 is 5.60 Å². The molecule has 6 nitrogen and oxygen atoms in total. The van der Waals surface area contributed by atoms with E-state index in [9.17, 15) is 4.79 Å². The molecule has 1 spiro atoms. The molecule has 4 rings (SSSR count). The fourth-order valence-corrected chi connectivity index (χ4v) is 5.55. The van der Waals surface area contributed by atoms with E-state index in [0.29, 0.717) is 6.04 Å². The number of ether oxygens (including phenoxy) is 2. The van der Waals surface area contributed by atoms with E-state index in [-0.39, 0.29) is 11.7 Å². The summed E-state index contributed by atoms with van der Waals surface area (Å²) in [5.41, 5.74) is -0.447. The van der Waals surface area contributed by atoms with Gasteiger partial charge < -0.3 is 19.3 Å². The van der Waals surface area contributed by atoms with Crippen molar-refractivity contribution in [2.45, 2.75) is 89.0 Å². The number of hydrogen-bond donors (Lipinski definition) is 0. The van der Waals surface area contributed by atoms with Crippen molar-refractivity contribution in [1.82, 2.24) is 14.7 Å². The number of carbonyl (C=O) groups excluding carboxylic acids is 1. The van der Waals surface area contributed by atoms with Gasteiger partial charge in [-0.05, 0) is 78.8 Å². The lowest BCUT2D eigenvalue weighted by atomic mass is 9.86. The van der Waals surface area contributed by atoms with Crippen LogP contribution in [0.4, 0.5) is 4.79 Å². The first-order chi connectivity index (χ1) is 13.3. The largest absolute Gasteiger partial charge is 0.444 e. The topological polar surface area (TPSA) is 45.2 Å². The number of amides is 1. The monoisotopic (exact) mass is 393 g/mol. The van der Waals surface area contributed by atoms with Crippen LogP contribution < -0.4 is 0 Å². The van der Waals surface area contributed by atoms with Crippen LogP contribution in [0.2, 0.25) is 0 Å². The van der Waals surface area contributed by atoms with Gasteiger partial charge in [0.25, 0.3) is 0 Å². The van der Waals surface area contributed by atoms with E-state index in [1.165, 1.54) is 51.9 Å². The summed E-state index contributed by atoms with van der Waals surface area (Å²) in [6.45, 7) is 13.2. The summed E-state index contributed by atoms with van der Waals surface area (Å²) >= 11 is 0. The van der Waals surface area contributed by atoms with E-state index >= 15 is 0 Å². The summed E-state index contributed by atoms with van der Waals surface area (Å²) in [5.74, 6) is 0. The number of likely N-dealkylation sites (tertiary alicyclic amines) is 3. The predicted molar refractivity (Wildman–Crippen MR) is 110 cm³/mol. The van der Waals surface area contributed by atoms with E-state index in [4.69, 9.17) is 9.47 Å². The molecule has 4 saturated heterocycles. The Kier molecular flexibility index (Phi) is 5.92. The van der Waals surface area contributed by atoms with Crippen LogP contribution >= 0.6 is 0 Å². The van der Waals surface area contributed by atoms with Gasteiger partial charge in [0.2, 0.25) is 0 Å². The normalized spacial score (nSPS) is 30.2. The third-order valence-electron chi connectivity index (χ3n) is 7.19. The van der Waals surface area contributed by atoms with Crippen LogP contribution in [-0.2, 0) is 9.47 Å². The lowest BCUT2D eigenvalue weighted by Gasteiger charge is -2.41. The Hall–Kier alpha value is -0.850. The van der Waals surface area contributed by atoms with Crippen molar-refractivity contribution in [3.05, 3.63) is 0 Å². The summed E-state index contributed by atoms with van der Waals surface area (Å²) in [5, 5.41) is 0. The van der Waals surface area contributed by atoms with Gasteiger partial charge in [-0.3, -0.25) is 4.90 Å². The molecule has 0 aliphatic carbocycles. The second kappa shape index (κ2) is 8.11. The molecular formula is C22H39N3O3. The highest BCUT2D eigenvalue weighted by atomic mass is 16.6. The predicted octanol–water partition coefficient (Wildman–Crippen LogP) is 3.11. The Morgan fingerprint density at radius 3 is 2.14 bits per heavy atom. The fraction of sp³-hybridized carbons (Fsp3) is 0.955. The average molecular weight is 394 g/mol. The van der Waals surface area contributed by atoms with Crippen LogP contribution in [0.25, 0.3) is 0 Å². The molecule has 0 saturated carbocycles. The van der Waals surface area contributed by atoms with Crippen molar-refractivity contribution in [3.63, 3.8) is 0 Å². The average Bonchev–Trinajstić information content (AvgIpc) is 3.32. The zero-order valence-electron chi connectivity index (χ0n) is 18.1. The van der Waals surface area contributed by atoms with E-state index in [2.05, 4.69) is 9.80 Å². The highest BCUT2D eigenvalue weighted by Crippen LogP contribution is 2.38. The van der Waals surface area contributed by atoms with Gasteiger partial charge in [-0.15, -0.1) is 0 Å². The van der Waals surface area contributed by atoms with Crippen molar-refractivity contribution in [2.24, 2.45) is 0 Å². The van der Waals surface area contributed by atoms with Gasteiger partial charge in [-0.2, -0.15) is 0 Å². The van der Waals surface area contributed by atoms with E-state index in [1.54, 1.807) is 0 Å². The number of hydrogen-bond acceptors (Lipinski definition) is 5. The first kappa shape index (κ1) is 20.4. The molecule has 1 unspecified atom stereocenters. The molecule has 1 atom stereocenters. The minimum atomic E-state index is -0.428. The van der Waals surface area contributed by atoms with Crippen molar-refractivity contribution in [1.29, 1.82) is 0 Å². The van der Waals surface area contributed by atoms with Crippen LogP contribution in [-0.4, -0.2) is 90.0 Å². The van der Waals surface area contributed by atoms with Gasteiger partial charge in [0.05, 0.1) is 12.2 Å². The molecule has 0 aromatic carbocycles. The van der Waals surface area contributed by atoms with Crippen LogP contribution in [0.15, 0.2) is 0 Å². The van der Waals surface area contributed by atoms with Gasteiger partial charge >= 0.3 is 6.09 Å². The SMILES string of the molecule is CC(C)(C)OC(=O)N1CCC2(CC1)CC(N1CCC(N3CCCC3)CC1)CO2. The van der Waals surface area contributed by atoms with Crippen molar-refractivity contribution in [2.75, 3.05) is 45.9 Å². The molecule has 6 heteroatoms. The molecule has 0 radical (unpaired) electrons. The molecule has 28 heavy (non-hydrogen) atoms. The quantitative estimate of drug-likeness (QED) is 0.721. The van der Waals surface area contributed by atoms with E-state index in [1.807, 2.05) is 25.7 Å². The fourth-order valence-electron chi connectivity index (χ4n) is 5.55. The summed E-state index contributed by atoms with van der Waals surface area (Å²) < 4.78 is 11.9. The van der Waals surface area contributed by atoms with Gasteiger partial charge in [-0.25, -0.2) is 4.79 Å².